The molecule has 0 saturated carbocycles. The smallest absolute Gasteiger partial charge is 0.545 e. The molecule has 0 bridgehead atoms. The van der Waals surface area contributed by atoms with Crippen molar-refractivity contribution in [2.45, 2.75) is 13.0 Å². The van der Waals surface area contributed by atoms with Gasteiger partial charge in [0, 0.05) is 35.1 Å². The maximum atomic E-state index is 14.0. The van der Waals surface area contributed by atoms with Crippen molar-refractivity contribution in [2.75, 3.05) is 6.61 Å². The molecule has 0 radical (unpaired) electrons. The summed E-state index contributed by atoms with van der Waals surface area (Å²) in [5, 5.41) is 20.8. The van der Waals surface area contributed by atoms with E-state index in [1.807, 2.05) is 0 Å². The molecule has 0 aliphatic heterocycles. The Labute approximate surface area is 181 Å². The van der Waals surface area contributed by atoms with Crippen LogP contribution in [0.3, 0.4) is 0 Å². The Morgan fingerprint density at radius 1 is 1.26 bits per heavy atom. The summed E-state index contributed by atoms with van der Waals surface area (Å²) in [7, 11) is 0. The number of nitrogens with zero attached hydrogens (tertiary/aromatic N) is 1. The number of halogens is 2. The molecular formula is C19H14ClFNNaO4. The molecule has 1 heterocycles. The first kappa shape index (κ1) is 21.6. The number of carboxylic acid groups (broad SMARTS) is 1. The number of rotatable bonds is 5. The number of aromatic nitrogens is 1. The number of carbonyl (C=O) groups excluding carboxylic acids is 1. The molecule has 1 aromatic heterocycles. The predicted octanol–water partition coefficient (Wildman–Crippen LogP) is -1.26. The number of hydrogen-bond acceptors (Lipinski definition) is 4. The molecule has 1 N–H and O–H groups in total. The van der Waals surface area contributed by atoms with Crippen molar-refractivity contribution in [1.82, 2.24) is 4.57 Å². The number of hydrogen-bond donors (Lipinski definition) is 1. The molecule has 0 fully saturated rings. The Hall–Kier alpha value is -1.70. The Balaban J connectivity index is 0.00000261. The van der Waals surface area contributed by atoms with E-state index in [1.165, 1.54) is 22.8 Å². The summed E-state index contributed by atoms with van der Waals surface area (Å²) < 4.78 is 15.5. The number of aliphatic hydroxyl groups is 1. The average molecular weight is 398 g/mol. The number of carbonyl (C=O) groups is 1. The molecule has 3 rings (SSSR count). The van der Waals surface area contributed by atoms with E-state index in [2.05, 4.69) is 0 Å². The largest absolute Gasteiger partial charge is 1.00 e. The Kier molecular flexibility index (Phi) is 7.19. The van der Waals surface area contributed by atoms with Gasteiger partial charge in [0.25, 0.3) is 0 Å². The second-order valence-electron chi connectivity index (χ2n) is 5.80. The Morgan fingerprint density at radius 2 is 2.00 bits per heavy atom. The molecule has 3 aromatic rings. The third-order valence-electron chi connectivity index (χ3n) is 4.15. The van der Waals surface area contributed by atoms with Crippen LogP contribution in [0.1, 0.15) is 21.5 Å². The molecule has 2 aromatic carbocycles. The van der Waals surface area contributed by atoms with Crippen LogP contribution in [0.25, 0.3) is 10.9 Å². The number of aliphatic hydroxyl groups excluding tert-OH is 1. The molecule has 0 saturated heterocycles. The van der Waals surface area contributed by atoms with Gasteiger partial charge in [-0.05, 0) is 29.8 Å². The van der Waals surface area contributed by atoms with Crippen molar-refractivity contribution in [2.24, 2.45) is 0 Å². The van der Waals surface area contributed by atoms with Crippen LogP contribution in [0.15, 0.2) is 47.4 Å². The first-order valence-corrected chi connectivity index (χ1v) is 8.21. The fourth-order valence-corrected chi connectivity index (χ4v) is 3.13. The normalized spacial score (nSPS) is 10.6. The Bertz CT molecular complexity index is 1050. The zero-order valence-corrected chi connectivity index (χ0v) is 17.3. The van der Waals surface area contributed by atoms with Gasteiger partial charge >= 0.3 is 29.6 Å². The number of benzene rings is 2. The van der Waals surface area contributed by atoms with Crippen molar-refractivity contribution >= 4 is 28.5 Å². The van der Waals surface area contributed by atoms with Crippen molar-refractivity contribution in [3.8, 4) is 0 Å². The fourth-order valence-electron chi connectivity index (χ4n) is 2.90. The predicted molar refractivity (Wildman–Crippen MR) is 93.8 cm³/mol. The number of fused-ring (bicyclic) bond motifs is 1. The maximum absolute atomic E-state index is 14.0. The third kappa shape index (κ3) is 4.42. The van der Waals surface area contributed by atoms with Crippen LogP contribution in [0.4, 0.5) is 4.39 Å². The zero-order chi connectivity index (χ0) is 18.8. The number of pyridine rings is 1. The van der Waals surface area contributed by atoms with E-state index in [0.29, 0.717) is 16.6 Å². The van der Waals surface area contributed by atoms with Gasteiger partial charge in [-0.2, -0.15) is 0 Å². The summed E-state index contributed by atoms with van der Waals surface area (Å²) in [5.74, 6) is -2.05. The second kappa shape index (κ2) is 8.99. The summed E-state index contributed by atoms with van der Waals surface area (Å²) in [5.41, 5.74) is 0.188. The van der Waals surface area contributed by atoms with E-state index in [0.717, 1.165) is 6.20 Å². The van der Waals surface area contributed by atoms with E-state index in [9.17, 15) is 24.2 Å². The van der Waals surface area contributed by atoms with Crippen molar-refractivity contribution < 1.29 is 49.0 Å². The van der Waals surface area contributed by atoms with Crippen molar-refractivity contribution in [1.29, 1.82) is 0 Å². The quantitative estimate of drug-likeness (QED) is 0.545. The average Bonchev–Trinajstić information content (AvgIpc) is 2.60. The second-order valence-corrected chi connectivity index (χ2v) is 6.21. The molecule has 0 unspecified atom stereocenters. The minimum Gasteiger partial charge on any atom is -0.545 e. The van der Waals surface area contributed by atoms with E-state index >= 15 is 0 Å². The summed E-state index contributed by atoms with van der Waals surface area (Å²) in [6.07, 6.45) is 1.31. The fraction of sp³-hybridized carbons (Fsp3) is 0.158. The molecule has 0 spiro atoms. The topological polar surface area (TPSA) is 82.4 Å². The van der Waals surface area contributed by atoms with Crippen LogP contribution < -0.4 is 40.1 Å². The van der Waals surface area contributed by atoms with Gasteiger partial charge in [-0.3, -0.25) is 4.79 Å². The van der Waals surface area contributed by atoms with E-state index in [4.69, 9.17) is 11.6 Å². The molecule has 5 nitrogen and oxygen atoms in total. The van der Waals surface area contributed by atoms with Gasteiger partial charge in [0.2, 0.25) is 0 Å². The van der Waals surface area contributed by atoms with Crippen molar-refractivity contribution in [3.63, 3.8) is 0 Å². The van der Waals surface area contributed by atoms with Crippen LogP contribution >= 0.6 is 11.6 Å². The van der Waals surface area contributed by atoms with Crippen LogP contribution in [-0.2, 0) is 13.0 Å². The maximum Gasteiger partial charge on any atom is 1.00 e. The summed E-state index contributed by atoms with van der Waals surface area (Å²) >= 11 is 6.04. The van der Waals surface area contributed by atoms with Gasteiger partial charge < -0.3 is 19.6 Å². The molecule has 0 aliphatic rings. The van der Waals surface area contributed by atoms with Crippen LogP contribution in [-0.4, -0.2) is 22.2 Å². The van der Waals surface area contributed by atoms with E-state index in [-0.39, 0.29) is 59.5 Å². The summed E-state index contributed by atoms with van der Waals surface area (Å²) in [6, 6.07) is 9.22. The first-order valence-electron chi connectivity index (χ1n) is 7.83. The Morgan fingerprint density at radius 3 is 2.63 bits per heavy atom. The van der Waals surface area contributed by atoms with Gasteiger partial charge in [0.05, 0.1) is 23.7 Å². The molecule has 27 heavy (non-hydrogen) atoms. The summed E-state index contributed by atoms with van der Waals surface area (Å²) in [6.45, 7) is -0.105. The molecule has 134 valence electrons. The van der Waals surface area contributed by atoms with Crippen molar-refractivity contribution in [3.05, 3.63) is 80.3 Å². The van der Waals surface area contributed by atoms with Gasteiger partial charge in [0.1, 0.15) is 5.82 Å². The first-order chi connectivity index (χ1) is 12.4. The summed E-state index contributed by atoms with van der Waals surface area (Å²) in [4.78, 5) is 23.7. The minimum atomic E-state index is -1.59. The van der Waals surface area contributed by atoms with E-state index < -0.39 is 22.8 Å². The standard InChI is InChI=1S/C19H15ClFNO4.Na/c20-15-2-1-3-16(21)12(15)8-11-4-5-17-13(9-11)18(24)14(19(25)26)10-22(17)6-7-23;/h1-5,9-10,23H,6-8H2,(H,25,26);/q;+1/p-1. The SMILES string of the molecule is O=C([O-])c1cn(CCO)c2ccc(Cc3c(F)cccc3Cl)cc2c1=O.[Na+]. The van der Waals surface area contributed by atoms with Gasteiger partial charge in [0.15, 0.2) is 5.43 Å². The third-order valence-corrected chi connectivity index (χ3v) is 4.50. The minimum absolute atomic E-state index is 0. The monoisotopic (exact) mass is 397 g/mol. The number of carboxylic acids is 1. The van der Waals surface area contributed by atoms with Crippen LogP contribution in [0.5, 0.6) is 0 Å². The van der Waals surface area contributed by atoms with Crippen LogP contribution in [0, 0.1) is 5.82 Å². The molecule has 8 heteroatoms. The van der Waals surface area contributed by atoms with E-state index in [1.54, 1.807) is 18.2 Å². The molecular weight excluding hydrogens is 384 g/mol. The zero-order valence-electron chi connectivity index (χ0n) is 14.5. The molecule has 0 aliphatic carbocycles. The van der Waals surface area contributed by atoms with Gasteiger partial charge in [-0.25, -0.2) is 4.39 Å². The van der Waals surface area contributed by atoms with Gasteiger partial charge in [-0.15, -0.1) is 0 Å². The molecule has 0 atom stereocenters. The van der Waals surface area contributed by atoms with Gasteiger partial charge in [-0.1, -0.05) is 23.7 Å². The molecule has 0 amide bonds. The van der Waals surface area contributed by atoms with Crippen LogP contribution in [0.2, 0.25) is 5.02 Å². The number of aromatic carboxylic acids is 1.